The molecular formula is C16H24NO3+. The van der Waals surface area contributed by atoms with Gasteiger partial charge in [-0.25, -0.2) is 0 Å². The number of methoxy groups -OCH3 is 1. The van der Waals surface area contributed by atoms with Gasteiger partial charge >= 0.3 is 0 Å². The molecule has 4 heteroatoms. The predicted octanol–water partition coefficient (Wildman–Crippen LogP) is 1.50. The highest BCUT2D eigenvalue weighted by Crippen LogP contribution is 2.30. The standard InChI is InChI=1S/C16H23NO3/c1-3-9-20-16-13(6-4-8-15(16)18-2)11-17-12-14-7-5-10-19-14/h3-4,6,8,14,17H,1,5,7,9-12H2,2H3/p+1/t14-/m1/s1. The van der Waals surface area contributed by atoms with Crippen LogP contribution in [-0.4, -0.2) is 33.0 Å². The van der Waals surface area contributed by atoms with E-state index in [0.29, 0.717) is 12.7 Å². The number of nitrogens with two attached hydrogens (primary N) is 1. The fraction of sp³-hybridized carbons (Fsp3) is 0.500. The van der Waals surface area contributed by atoms with E-state index >= 15 is 0 Å². The van der Waals surface area contributed by atoms with Crippen LogP contribution in [0.1, 0.15) is 18.4 Å². The third-order valence-corrected chi connectivity index (χ3v) is 3.44. The summed E-state index contributed by atoms with van der Waals surface area (Å²) < 4.78 is 16.7. The quantitative estimate of drug-likeness (QED) is 0.733. The first-order valence-corrected chi connectivity index (χ1v) is 7.18. The maximum absolute atomic E-state index is 5.74. The monoisotopic (exact) mass is 278 g/mol. The Hall–Kier alpha value is -1.52. The number of para-hydroxylation sites is 1. The molecule has 2 rings (SSSR count). The summed E-state index contributed by atoms with van der Waals surface area (Å²) in [5.74, 6) is 1.59. The molecule has 20 heavy (non-hydrogen) atoms. The Morgan fingerprint density at radius 2 is 2.40 bits per heavy atom. The first-order valence-electron chi connectivity index (χ1n) is 7.18. The molecule has 1 aromatic rings. The van der Waals surface area contributed by atoms with Crippen molar-refractivity contribution in [3.8, 4) is 11.5 Å². The van der Waals surface area contributed by atoms with Crippen LogP contribution in [0, 0.1) is 0 Å². The topological polar surface area (TPSA) is 44.3 Å². The van der Waals surface area contributed by atoms with E-state index in [1.165, 1.54) is 12.8 Å². The zero-order valence-electron chi connectivity index (χ0n) is 12.1. The number of ether oxygens (including phenoxy) is 3. The van der Waals surface area contributed by atoms with Crippen molar-refractivity contribution in [1.82, 2.24) is 0 Å². The van der Waals surface area contributed by atoms with Gasteiger partial charge in [-0.3, -0.25) is 0 Å². The number of hydrogen-bond acceptors (Lipinski definition) is 3. The van der Waals surface area contributed by atoms with Gasteiger partial charge in [0.1, 0.15) is 25.8 Å². The molecule has 1 heterocycles. The molecule has 4 nitrogen and oxygen atoms in total. The maximum Gasteiger partial charge on any atom is 0.170 e. The lowest BCUT2D eigenvalue weighted by Crippen LogP contribution is -2.84. The van der Waals surface area contributed by atoms with Crippen LogP contribution in [0.25, 0.3) is 0 Å². The Morgan fingerprint density at radius 3 is 3.10 bits per heavy atom. The Bertz CT molecular complexity index is 428. The highest BCUT2D eigenvalue weighted by molar-refractivity contribution is 5.46. The molecule has 110 valence electrons. The lowest BCUT2D eigenvalue weighted by molar-refractivity contribution is -0.676. The molecule has 1 fully saturated rings. The van der Waals surface area contributed by atoms with Crippen LogP contribution in [0.5, 0.6) is 11.5 Å². The molecule has 0 amide bonds. The highest BCUT2D eigenvalue weighted by Gasteiger charge is 2.18. The lowest BCUT2D eigenvalue weighted by Gasteiger charge is -2.14. The van der Waals surface area contributed by atoms with E-state index in [-0.39, 0.29) is 0 Å². The number of benzene rings is 1. The summed E-state index contributed by atoms with van der Waals surface area (Å²) in [5.41, 5.74) is 1.14. The summed E-state index contributed by atoms with van der Waals surface area (Å²) >= 11 is 0. The van der Waals surface area contributed by atoms with E-state index in [1.54, 1.807) is 13.2 Å². The van der Waals surface area contributed by atoms with Crippen molar-refractivity contribution >= 4 is 0 Å². The Morgan fingerprint density at radius 1 is 1.50 bits per heavy atom. The minimum atomic E-state index is 0.401. The van der Waals surface area contributed by atoms with E-state index in [9.17, 15) is 0 Å². The molecule has 1 aromatic carbocycles. The second kappa shape index (κ2) is 7.92. The second-order valence-electron chi connectivity index (χ2n) is 4.91. The Balaban J connectivity index is 1.95. The summed E-state index contributed by atoms with van der Waals surface area (Å²) in [7, 11) is 1.66. The van der Waals surface area contributed by atoms with Crippen LogP contribution >= 0.6 is 0 Å². The molecule has 0 bridgehead atoms. The Labute approximate surface area is 120 Å². The van der Waals surface area contributed by atoms with Gasteiger partial charge < -0.3 is 19.5 Å². The number of hydrogen-bond donors (Lipinski definition) is 1. The van der Waals surface area contributed by atoms with Crippen LogP contribution in [0.15, 0.2) is 30.9 Å². The zero-order chi connectivity index (χ0) is 14.2. The Kier molecular flexibility index (Phi) is 5.89. The van der Waals surface area contributed by atoms with Crippen molar-refractivity contribution in [1.29, 1.82) is 0 Å². The van der Waals surface area contributed by atoms with Crippen molar-refractivity contribution in [2.45, 2.75) is 25.5 Å². The zero-order valence-corrected chi connectivity index (χ0v) is 12.1. The van der Waals surface area contributed by atoms with Gasteiger partial charge in [0, 0.05) is 6.61 Å². The molecular weight excluding hydrogens is 254 g/mol. The summed E-state index contributed by atoms with van der Waals surface area (Å²) in [6.07, 6.45) is 4.50. The third kappa shape index (κ3) is 3.99. The van der Waals surface area contributed by atoms with E-state index in [4.69, 9.17) is 14.2 Å². The average Bonchev–Trinajstić information content (AvgIpc) is 2.98. The van der Waals surface area contributed by atoms with Crippen molar-refractivity contribution in [3.05, 3.63) is 36.4 Å². The predicted molar refractivity (Wildman–Crippen MR) is 78.2 cm³/mol. The van der Waals surface area contributed by atoms with Crippen molar-refractivity contribution in [2.24, 2.45) is 0 Å². The van der Waals surface area contributed by atoms with Gasteiger partial charge in [0.15, 0.2) is 11.5 Å². The molecule has 0 aliphatic carbocycles. The lowest BCUT2D eigenvalue weighted by atomic mass is 10.1. The number of rotatable bonds is 8. The molecule has 0 spiro atoms. The van der Waals surface area contributed by atoms with Crippen LogP contribution in [0.4, 0.5) is 0 Å². The SMILES string of the molecule is C=CCOc1c(C[NH2+]C[C@H]2CCCO2)cccc1OC. The van der Waals surface area contributed by atoms with E-state index < -0.39 is 0 Å². The molecule has 0 unspecified atom stereocenters. The molecule has 0 saturated carbocycles. The summed E-state index contributed by atoms with van der Waals surface area (Å²) in [6, 6.07) is 5.99. The average molecular weight is 278 g/mol. The van der Waals surface area contributed by atoms with E-state index in [1.807, 2.05) is 12.1 Å². The third-order valence-electron chi connectivity index (χ3n) is 3.44. The van der Waals surface area contributed by atoms with Gasteiger partial charge in [0.25, 0.3) is 0 Å². The summed E-state index contributed by atoms with van der Waals surface area (Å²) in [6.45, 7) is 6.94. The maximum atomic E-state index is 5.74. The molecule has 1 saturated heterocycles. The van der Waals surface area contributed by atoms with Crippen LogP contribution in [0.3, 0.4) is 0 Å². The smallest absolute Gasteiger partial charge is 0.170 e. The fourth-order valence-electron chi connectivity index (χ4n) is 2.44. The fourth-order valence-corrected chi connectivity index (χ4v) is 2.44. The van der Waals surface area contributed by atoms with Gasteiger partial charge in [0.05, 0.1) is 12.7 Å². The molecule has 0 radical (unpaired) electrons. The molecule has 1 aliphatic heterocycles. The van der Waals surface area contributed by atoms with Crippen molar-refractivity contribution in [2.75, 3.05) is 26.9 Å². The van der Waals surface area contributed by atoms with Gasteiger partial charge in [-0.1, -0.05) is 18.7 Å². The number of quaternary nitrogens is 1. The van der Waals surface area contributed by atoms with E-state index in [0.717, 1.165) is 36.8 Å². The largest absolute Gasteiger partial charge is 0.493 e. The van der Waals surface area contributed by atoms with Crippen molar-refractivity contribution in [3.63, 3.8) is 0 Å². The van der Waals surface area contributed by atoms with Crippen LogP contribution in [0.2, 0.25) is 0 Å². The van der Waals surface area contributed by atoms with Crippen LogP contribution in [-0.2, 0) is 11.3 Å². The first-order chi connectivity index (χ1) is 9.85. The van der Waals surface area contributed by atoms with Crippen molar-refractivity contribution < 1.29 is 19.5 Å². The molecule has 1 aliphatic rings. The van der Waals surface area contributed by atoms with Crippen LogP contribution < -0.4 is 14.8 Å². The molecule has 0 aromatic heterocycles. The molecule has 2 N–H and O–H groups in total. The second-order valence-corrected chi connectivity index (χ2v) is 4.91. The normalized spacial score (nSPS) is 17.9. The minimum absolute atomic E-state index is 0.401. The first kappa shape index (κ1) is 14.9. The van der Waals surface area contributed by atoms with Gasteiger partial charge in [0.2, 0.25) is 0 Å². The van der Waals surface area contributed by atoms with Gasteiger partial charge in [-0.2, -0.15) is 0 Å². The van der Waals surface area contributed by atoms with Gasteiger partial charge in [-0.15, -0.1) is 0 Å². The summed E-state index contributed by atoms with van der Waals surface area (Å²) in [5, 5.41) is 2.27. The molecule has 1 atom stereocenters. The summed E-state index contributed by atoms with van der Waals surface area (Å²) in [4.78, 5) is 0. The van der Waals surface area contributed by atoms with E-state index in [2.05, 4.69) is 18.0 Å². The van der Waals surface area contributed by atoms with Gasteiger partial charge in [-0.05, 0) is 25.0 Å². The minimum Gasteiger partial charge on any atom is -0.493 e. The highest BCUT2D eigenvalue weighted by atomic mass is 16.5.